The van der Waals surface area contributed by atoms with Crippen molar-refractivity contribution in [1.29, 1.82) is 5.41 Å². The Bertz CT molecular complexity index is 917. The van der Waals surface area contributed by atoms with Crippen molar-refractivity contribution >= 4 is 49.6 Å². The zero-order valence-electron chi connectivity index (χ0n) is 11.7. The van der Waals surface area contributed by atoms with Gasteiger partial charge in [-0.2, -0.15) is 0 Å². The number of aliphatic hydroxyl groups is 1. The number of aromatic nitrogens is 2. The van der Waals surface area contributed by atoms with E-state index in [1.165, 1.54) is 0 Å². The van der Waals surface area contributed by atoms with Crippen molar-refractivity contribution in [3.63, 3.8) is 0 Å². The van der Waals surface area contributed by atoms with Crippen LogP contribution in [0.4, 0.5) is 0 Å². The first kappa shape index (κ1) is 15.7. The maximum Gasteiger partial charge on any atom is 0.227 e. The van der Waals surface area contributed by atoms with E-state index < -0.39 is 0 Å². The van der Waals surface area contributed by atoms with Gasteiger partial charge in [-0.05, 0) is 47.2 Å². The summed E-state index contributed by atoms with van der Waals surface area (Å²) in [7, 11) is 0. The Morgan fingerprint density at radius 1 is 1.45 bits per heavy atom. The topological polar surface area (TPSA) is 75.0 Å². The monoisotopic (exact) mass is 473 g/mol. The van der Waals surface area contributed by atoms with Crippen molar-refractivity contribution in [3.8, 4) is 11.5 Å². The Hall–Kier alpha value is -1.19. The molecule has 0 aliphatic heterocycles. The molecule has 2 N–H and O–H groups in total. The SMILES string of the molecule is Cc1c(Br)cccc1-c1nc2c(=N)n(CCO)cc(I)c2o1. The number of hydrogen-bond acceptors (Lipinski definition) is 4. The van der Waals surface area contributed by atoms with Gasteiger partial charge in [0.1, 0.15) is 0 Å². The lowest BCUT2D eigenvalue weighted by Gasteiger charge is -2.04. The van der Waals surface area contributed by atoms with Crippen LogP contribution in [0.5, 0.6) is 0 Å². The van der Waals surface area contributed by atoms with Gasteiger partial charge in [-0.1, -0.05) is 22.0 Å². The normalized spacial score (nSPS) is 11.3. The molecule has 2 heterocycles. The lowest BCUT2D eigenvalue weighted by Crippen LogP contribution is -2.22. The van der Waals surface area contributed by atoms with Crippen LogP contribution in [0.2, 0.25) is 0 Å². The second kappa shape index (κ2) is 6.13. The van der Waals surface area contributed by atoms with Gasteiger partial charge in [0.15, 0.2) is 16.6 Å². The van der Waals surface area contributed by atoms with Gasteiger partial charge in [-0.25, -0.2) is 4.98 Å². The van der Waals surface area contributed by atoms with E-state index in [-0.39, 0.29) is 12.1 Å². The standard InChI is InChI=1S/C15H13BrIN3O2/c1-8-9(3-2-4-10(8)16)15-19-12-13(22-15)11(17)7-20(5-6-21)14(12)18/h2-4,7,18,21H,5-6H2,1H3. The summed E-state index contributed by atoms with van der Waals surface area (Å²) in [6.45, 7) is 2.34. The van der Waals surface area contributed by atoms with Gasteiger partial charge >= 0.3 is 0 Å². The second-order valence-electron chi connectivity index (χ2n) is 4.85. The molecule has 0 atom stereocenters. The molecule has 0 aliphatic carbocycles. The molecule has 2 aromatic heterocycles. The van der Waals surface area contributed by atoms with E-state index in [0.717, 1.165) is 19.2 Å². The van der Waals surface area contributed by atoms with Crippen LogP contribution in [0.15, 0.2) is 33.3 Å². The van der Waals surface area contributed by atoms with E-state index in [1.54, 1.807) is 10.8 Å². The fourth-order valence-corrected chi connectivity index (χ4v) is 3.34. The van der Waals surface area contributed by atoms with Crippen molar-refractivity contribution in [2.24, 2.45) is 0 Å². The number of oxazole rings is 1. The molecule has 7 heteroatoms. The van der Waals surface area contributed by atoms with E-state index in [9.17, 15) is 0 Å². The Labute approximate surface area is 148 Å². The summed E-state index contributed by atoms with van der Waals surface area (Å²) in [5.41, 5.74) is 3.30. The third kappa shape index (κ3) is 2.61. The quantitative estimate of drug-likeness (QED) is 0.572. The molecule has 3 rings (SSSR count). The maximum absolute atomic E-state index is 9.10. The number of hydrogen-bond donors (Lipinski definition) is 2. The van der Waals surface area contributed by atoms with Gasteiger partial charge in [-0.15, -0.1) is 0 Å². The number of benzene rings is 1. The van der Waals surface area contributed by atoms with Crippen LogP contribution < -0.4 is 5.49 Å². The molecule has 0 amide bonds. The smallest absolute Gasteiger partial charge is 0.227 e. The predicted molar refractivity (Wildman–Crippen MR) is 95.5 cm³/mol. The summed E-state index contributed by atoms with van der Waals surface area (Å²) < 4.78 is 9.42. The van der Waals surface area contributed by atoms with Crippen molar-refractivity contribution in [2.45, 2.75) is 13.5 Å². The summed E-state index contributed by atoms with van der Waals surface area (Å²) >= 11 is 5.67. The first-order chi connectivity index (χ1) is 10.5. The molecule has 0 radical (unpaired) electrons. The average Bonchev–Trinajstić information content (AvgIpc) is 2.93. The highest BCUT2D eigenvalue weighted by Gasteiger charge is 2.16. The van der Waals surface area contributed by atoms with E-state index in [0.29, 0.717) is 23.5 Å². The number of aliphatic hydroxyl groups excluding tert-OH is 1. The second-order valence-corrected chi connectivity index (χ2v) is 6.87. The lowest BCUT2D eigenvalue weighted by atomic mass is 10.1. The molecular weight excluding hydrogens is 461 g/mol. The highest BCUT2D eigenvalue weighted by atomic mass is 127. The molecule has 5 nitrogen and oxygen atoms in total. The summed E-state index contributed by atoms with van der Waals surface area (Å²) in [6.07, 6.45) is 1.80. The van der Waals surface area contributed by atoms with Gasteiger partial charge in [-0.3, -0.25) is 5.41 Å². The van der Waals surface area contributed by atoms with E-state index in [2.05, 4.69) is 43.5 Å². The van der Waals surface area contributed by atoms with Crippen LogP contribution in [0.1, 0.15) is 5.56 Å². The van der Waals surface area contributed by atoms with Crippen molar-refractivity contribution < 1.29 is 9.52 Å². The van der Waals surface area contributed by atoms with Gasteiger partial charge in [0.25, 0.3) is 0 Å². The molecule has 0 fully saturated rings. The van der Waals surface area contributed by atoms with Crippen molar-refractivity contribution in [3.05, 3.63) is 43.5 Å². The summed E-state index contributed by atoms with van der Waals surface area (Å²) in [4.78, 5) is 4.51. The molecule has 0 bridgehead atoms. The number of halogens is 2. The number of pyridine rings is 1. The van der Waals surface area contributed by atoms with E-state index in [4.69, 9.17) is 14.9 Å². The largest absolute Gasteiger partial charge is 0.435 e. The molecule has 0 saturated heterocycles. The zero-order chi connectivity index (χ0) is 15.9. The van der Waals surface area contributed by atoms with Crippen LogP contribution >= 0.6 is 38.5 Å². The molecule has 3 aromatic rings. The molecule has 0 spiro atoms. The van der Waals surface area contributed by atoms with Gasteiger partial charge in [0.2, 0.25) is 5.89 Å². The minimum Gasteiger partial charge on any atom is -0.435 e. The highest BCUT2D eigenvalue weighted by Crippen LogP contribution is 2.30. The minimum atomic E-state index is -0.0203. The third-order valence-corrected chi connectivity index (χ3v) is 5.09. The number of nitrogens with zero attached hydrogens (tertiary/aromatic N) is 2. The Balaban J connectivity index is 2.26. The van der Waals surface area contributed by atoms with Crippen LogP contribution in [0, 0.1) is 15.9 Å². The van der Waals surface area contributed by atoms with Gasteiger partial charge in [0.05, 0.1) is 10.2 Å². The Morgan fingerprint density at radius 3 is 2.95 bits per heavy atom. The number of nitrogens with one attached hydrogen (secondary N) is 1. The molecule has 1 aromatic carbocycles. The maximum atomic E-state index is 9.10. The van der Waals surface area contributed by atoms with Crippen molar-refractivity contribution in [1.82, 2.24) is 9.55 Å². The fourth-order valence-electron chi connectivity index (χ4n) is 2.28. The third-order valence-electron chi connectivity index (χ3n) is 3.46. The fraction of sp³-hybridized carbons (Fsp3) is 0.200. The Kier molecular flexibility index (Phi) is 4.37. The average molecular weight is 474 g/mol. The molecule has 0 aliphatic rings. The Morgan fingerprint density at radius 2 is 2.23 bits per heavy atom. The zero-order valence-corrected chi connectivity index (χ0v) is 15.5. The molecule has 22 heavy (non-hydrogen) atoms. The first-order valence-corrected chi connectivity index (χ1v) is 8.50. The van der Waals surface area contributed by atoms with Crippen LogP contribution in [-0.4, -0.2) is 21.3 Å². The molecule has 0 saturated carbocycles. The van der Waals surface area contributed by atoms with Gasteiger partial charge in [0, 0.05) is 22.8 Å². The van der Waals surface area contributed by atoms with E-state index in [1.807, 2.05) is 25.1 Å². The molecule has 114 valence electrons. The van der Waals surface area contributed by atoms with Crippen LogP contribution in [0.25, 0.3) is 22.6 Å². The number of rotatable bonds is 3. The van der Waals surface area contributed by atoms with Crippen LogP contribution in [0.3, 0.4) is 0 Å². The molecule has 0 unspecified atom stereocenters. The number of fused-ring (bicyclic) bond motifs is 1. The predicted octanol–water partition coefficient (Wildman–Crippen LogP) is 3.44. The molecular formula is C15H13BrIN3O2. The highest BCUT2D eigenvalue weighted by molar-refractivity contribution is 14.1. The summed E-state index contributed by atoms with van der Waals surface area (Å²) in [5, 5.41) is 17.3. The minimum absolute atomic E-state index is 0.0203. The first-order valence-electron chi connectivity index (χ1n) is 6.63. The lowest BCUT2D eigenvalue weighted by molar-refractivity contribution is 0.273. The summed E-state index contributed by atoms with van der Waals surface area (Å²) in [6, 6.07) is 5.85. The van der Waals surface area contributed by atoms with Crippen molar-refractivity contribution in [2.75, 3.05) is 6.61 Å². The summed E-state index contributed by atoms with van der Waals surface area (Å²) in [5.74, 6) is 0.502. The van der Waals surface area contributed by atoms with Gasteiger partial charge < -0.3 is 14.1 Å². The van der Waals surface area contributed by atoms with E-state index >= 15 is 0 Å². The van der Waals surface area contributed by atoms with Crippen LogP contribution in [-0.2, 0) is 6.54 Å².